The van der Waals surface area contributed by atoms with Crippen LogP contribution >= 0.6 is 0 Å². The Morgan fingerprint density at radius 1 is 1.07 bits per heavy atom. The lowest BCUT2D eigenvalue weighted by Gasteiger charge is -2.25. The Hall–Kier alpha value is -2.82. The number of ether oxygens (including phenoxy) is 1. The summed E-state index contributed by atoms with van der Waals surface area (Å²) in [6, 6.07) is 15.8. The largest absolute Gasteiger partial charge is 0.496 e. The number of aromatic nitrogens is 2. The fourth-order valence-corrected chi connectivity index (χ4v) is 3.60. The van der Waals surface area contributed by atoms with Gasteiger partial charge in [0.15, 0.2) is 0 Å². The Balaban J connectivity index is 1.91. The molecule has 0 aliphatic heterocycles. The number of rotatable bonds is 7. The highest BCUT2D eigenvalue weighted by molar-refractivity contribution is 5.80. The molecule has 28 heavy (non-hydrogen) atoms. The molecule has 1 heterocycles. The molecule has 1 atom stereocenters. The Labute approximate surface area is 166 Å². The fraction of sp³-hybridized carbons (Fsp3) is 0.391. The van der Waals surface area contributed by atoms with Crippen LogP contribution in [0.5, 0.6) is 5.75 Å². The van der Waals surface area contributed by atoms with Crippen molar-refractivity contribution < 1.29 is 9.53 Å². The van der Waals surface area contributed by atoms with Gasteiger partial charge in [-0.2, -0.15) is 0 Å². The summed E-state index contributed by atoms with van der Waals surface area (Å²) < 4.78 is 7.60. The van der Waals surface area contributed by atoms with Crippen LogP contribution in [0.4, 0.5) is 0 Å². The number of benzene rings is 2. The van der Waals surface area contributed by atoms with Crippen molar-refractivity contribution in [3.8, 4) is 5.75 Å². The molecule has 148 valence electrons. The molecule has 3 aromatic rings. The first kappa shape index (κ1) is 19.9. The molecule has 1 amide bonds. The number of para-hydroxylation sites is 3. The van der Waals surface area contributed by atoms with Crippen molar-refractivity contribution >= 4 is 16.9 Å². The average molecular weight is 380 g/mol. The van der Waals surface area contributed by atoms with Crippen LogP contribution in [0.15, 0.2) is 48.5 Å². The van der Waals surface area contributed by atoms with Crippen LogP contribution in [0.1, 0.15) is 51.2 Å². The minimum Gasteiger partial charge on any atom is -0.496 e. The van der Waals surface area contributed by atoms with Gasteiger partial charge in [-0.25, -0.2) is 4.98 Å². The van der Waals surface area contributed by atoms with Gasteiger partial charge in [-0.15, -0.1) is 0 Å². The number of imidazole rings is 1. The molecule has 0 fully saturated rings. The summed E-state index contributed by atoms with van der Waals surface area (Å²) in [4.78, 5) is 17.7. The van der Waals surface area contributed by atoms with Crippen molar-refractivity contribution in [2.45, 2.75) is 46.2 Å². The SMILES string of the molecule is COc1ccccc1CC(=O)N[C@@H](c1nc2ccccc2n1C(C)C)C(C)C. The van der Waals surface area contributed by atoms with Crippen LogP contribution in [0.3, 0.4) is 0 Å². The van der Waals surface area contributed by atoms with Crippen LogP contribution in [-0.2, 0) is 11.2 Å². The molecule has 1 aromatic heterocycles. The van der Waals surface area contributed by atoms with Crippen molar-refractivity contribution in [3.63, 3.8) is 0 Å². The van der Waals surface area contributed by atoms with E-state index in [0.717, 1.165) is 28.2 Å². The molecule has 0 saturated heterocycles. The number of nitrogens with zero attached hydrogens (tertiary/aromatic N) is 2. The maximum atomic E-state index is 12.9. The van der Waals surface area contributed by atoms with Gasteiger partial charge in [0.2, 0.25) is 5.91 Å². The van der Waals surface area contributed by atoms with Gasteiger partial charge in [0.25, 0.3) is 0 Å². The van der Waals surface area contributed by atoms with E-state index < -0.39 is 0 Å². The summed E-state index contributed by atoms with van der Waals surface area (Å²) in [6.07, 6.45) is 0.273. The van der Waals surface area contributed by atoms with Gasteiger partial charge < -0.3 is 14.6 Å². The first-order valence-electron chi connectivity index (χ1n) is 9.80. The van der Waals surface area contributed by atoms with Crippen LogP contribution < -0.4 is 10.1 Å². The first-order chi connectivity index (χ1) is 13.4. The van der Waals surface area contributed by atoms with Gasteiger partial charge in [0, 0.05) is 11.6 Å². The smallest absolute Gasteiger partial charge is 0.225 e. The zero-order valence-corrected chi connectivity index (χ0v) is 17.3. The number of hydrogen-bond donors (Lipinski definition) is 1. The summed E-state index contributed by atoms with van der Waals surface area (Å²) in [5.74, 6) is 1.80. The number of hydrogen-bond acceptors (Lipinski definition) is 3. The lowest BCUT2D eigenvalue weighted by Crippen LogP contribution is -2.35. The minimum atomic E-state index is -0.169. The monoisotopic (exact) mass is 379 g/mol. The zero-order chi connectivity index (χ0) is 20.3. The standard InChI is InChI=1S/C23H29N3O2/c1-15(2)22(25-21(27)14-17-10-6-9-13-20(17)28-5)23-24-18-11-7-8-12-19(18)26(23)16(3)4/h6-13,15-16,22H,14H2,1-5H3,(H,25,27)/t22-/m1/s1. The third-order valence-corrected chi connectivity index (χ3v) is 4.94. The van der Waals surface area contributed by atoms with Crippen molar-refractivity contribution in [2.24, 2.45) is 5.92 Å². The number of methoxy groups -OCH3 is 1. The number of amides is 1. The third kappa shape index (κ3) is 4.03. The summed E-state index contributed by atoms with van der Waals surface area (Å²) >= 11 is 0. The second-order valence-electron chi connectivity index (χ2n) is 7.70. The summed E-state index contributed by atoms with van der Waals surface area (Å²) in [7, 11) is 1.62. The fourth-order valence-electron chi connectivity index (χ4n) is 3.60. The maximum Gasteiger partial charge on any atom is 0.225 e. The molecule has 0 bridgehead atoms. The van der Waals surface area contributed by atoms with Crippen LogP contribution in [0, 0.1) is 5.92 Å². The minimum absolute atomic E-state index is 0.0365. The zero-order valence-electron chi connectivity index (χ0n) is 17.3. The topological polar surface area (TPSA) is 56.1 Å². The molecule has 5 heteroatoms. The number of carbonyl (C=O) groups excluding carboxylic acids is 1. The molecular formula is C23H29N3O2. The lowest BCUT2D eigenvalue weighted by molar-refractivity contribution is -0.121. The number of nitrogens with one attached hydrogen (secondary N) is 1. The van der Waals surface area contributed by atoms with E-state index in [0.29, 0.717) is 0 Å². The molecule has 0 aliphatic carbocycles. The number of fused-ring (bicyclic) bond motifs is 1. The van der Waals surface area contributed by atoms with Gasteiger partial charge in [0.1, 0.15) is 11.6 Å². The molecule has 0 radical (unpaired) electrons. The quantitative estimate of drug-likeness (QED) is 0.648. The Morgan fingerprint density at radius 3 is 2.43 bits per heavy atom. The van der Waals surface area contributed by atoms with E-state index in [1.165, 1.54) is 0 Å². The van der Waals surface area contributed by atoms with Gasteiger partial charge in [-0.1, -0.05) is 44.2 Å². The van der Waals surface area contributed by atoms with E-state index >= 15 is 0 Å². The Bertz CT molecular complexity index is 959. The van der Waals surface area contributed by atoms with Gasteiger partial charge >= 0.3 is 0 Å². The van der Waals surface area contributed by atoms with E-state index in [2.05, 4.69) is 43.6 Å². The molecule has 0 saturated carbocycles. The van der Waals surface area contributed by atoms with Gasteiger partial charge in [-0.05, 0) is 38.0 Å². The normalized spacial score (nSPS) is 12.5. The molecule has 2 aromatic carbocycles. The predicted octanol–water partition coefficient (Wildman–Crippen LogP) is 4.68. The van der Waals surface area contributed by atoms with Crippen LogP contribution in [-0.4, -0.2) is 22.6 Å². The van der Waals surface area contributed by atoms with E-state index in [1.54, 1.807) is 7.11 Å². The summed E-state index contributed by atoms with van der Waals surface area (Å²) in [6.45, 7) is 8.51. The molecule has 3 rings (SSSR count). The van der Waals surface area contributed by atoms with E-state index in [9.17, 15) is 4.79 Å². The Morgan fingerprint density at radius 2 is 1.75 bits per heavy atom. The molecule has 0 unspecified atom stereocenters. The highest BCUT2D eigenvalue weighted by atomic mass is 16.5. The summed E-state index contributed by atoms with van der Waals surface area (Å²) in [5, 5.41) is 3.21. The van der Waals surface area contributed by atoms with Gasteiger partial charge in [-0.3, -0.25) is 4.79 Å². The van der Waals surface area contributed by atoms with Crippen molar-refractivity contribution in [3.05, 3.63) is 59.9 Å². The van der Waals surface area contributed by atoms with E-state index in [-0.39, 0.29) is 30.3 Å². The third-order valence-electron chi connectivity index (χ3n) is 4.94. The first-order valence-corrected chi connectivity index (χ1v) is 9.80. The van der Waals surface area contributed by atoms with Crippen molar-refractivity contribution in [1.29, 1.82) is 0 Å². The predicted molar refractivity (Wildman–Crippen MR) is 113 cm³/mol. The lowest BCUT2D eigenvalue weighted by atomic mass is 10.0. The second-order valence-corrected chi connectivity index (χ2v) is 7.70. The van der Waals surface area contributed by atoms with Crippen LogP contribution in [0.25, 0.3) is 11.0 Å². The highest BCUT2D eigenvalue weighted by Crippen LogP contribution is 2.29. The van der Waals surface area contributed by atoms with E-state index in [1.807, 2.05) is 42.5 Å². The molecule has 5 nitrogen and oxygen atoms in total. The summed E-state index contributed by atoms with van der Waals surface area (Å²) in [5.41, 5.74) is 2.93. The van der Waals surface area contributed by atoms with Crippen LogP contribution in [0.2, 0.25) is 0 Å². The molecule has 0 spiro atoms. The molecule has 1 N–H and O–H groups in total. The van der Waals surface area contributed by atoms with Gasteiger partial charge in [0.05, 0.1) is 30.6 Å². The molecular weight excluding hydrogens is 350 g/mol. The average Bonchev–Trinajstić information content (AvgIpc) is 3.05. The van der Waals surface area contributed by atoms with Crippen molar-refractivity contribution in [2.75, 3.05) is 7.11 Å². The van der Waals surface area contributed by atoms with E-state index in [4.69, 9.17) is 9.72 Å². The Kier molecular flexibility index (Phi) is 6.02. The second kappa shape index (κ2) is 8.46. The highest BCUT2D eigenvalue weighted by Gasteiger charge is 2.26. The number of carbonyl (C=O) groups is 1. The molecule has 0 aliphatic rings. The van der Waals surface area contributed by atoms with Crippen molar-refractivity contribution in [1.82, 2.24) is 14.9 Å². The maximum absolute atomic E-state index is 12.9.